The van der Waals surface area contributed by atoms with Crippen LogP contribution in [0.5, 0.6) is 0 Å². The molecule has 1 aliphatic carbocycles. The number of carbonyl (C=O) groups is 1. The highest BCUT2D eigenvalue weighted by Gasteiger charge is 2.27. The zero-order chi connectivity index (χ0) is 10.8. The predicted molar refractivity (Wildman–Crippen MR) is 50.0 cm³/mol. The fraction of sp³-hybridized carbons (Fsp3) is 0.750. The van der Waals surface area contributed by atoms with Gasteiger partial charge in [0.25, 0.3) is 0 Å². The van der Waals surface area contributed by atoms with Gasteiger partial charge >= 0.3 is 5.97 Å². The van der Waals surface area contributed by atoms with Gasteiger partial charge in [-0.25, -0.2) is 4.68 Å². The molecule has 0 radical (unpaired) electrons. The second kappa shape index (κ2) is 3.93. The van der Waals surface area contributed by atoms with Gasteiger partial charge in [-0.1, -0.05) is 0 Å². The van der Waals surface area contributed by atoms with Crippen LogP contribution in [0.15, 0.2) is 0 Å². The largest absolute Gasteiger partial charge is 0.480 e. The Morgan fingerprint density at radius 2 is 2.47 bits per heavy atom. The van der Waals surface area contributed by atoms with Crippen LogP contribution < -0.4 is 5.32 Å². The van der Waals surface area contributed by atoms with Crippen LogP contribution in [0.1, 0.15) is 31.6 Å². The van der Waals surface area contributed by atoms with Crippen molar-refractivity contribution in [1.82, 2.24) is 25.5 Å². The average molecular weight is 211 g/mol. The third-order valence-corrected chi connectivity index (χ3v) is 2.39. The Morgan fingerprint density at radius 1 is 1.73 bits per heavy atom. The van der Waals surface area contributed by atoms with Crippen LogP contribution in [0, 0.1) is 0 Å². The Kier molecular flexibility index (Phi) is 2.63. The molecule has 1 aliphatic rings. The highest BCUT2D eigenvalue weighted by molar-refractivity contribution is 5.72. The van der Waals surface area contributed by atoms with Crippen molar-refractivity contribution >= 4 is 5.97 Å². The summed E-state index contributed by atoms with van der Waals surface area (Å²) in [5, 5.41) is 22.8. The Bertz CT molecular complexity index is 360. The van der Waals surface area contributed by atoms with E-state index in [2.05, 4.69) is 20.8 Å². The summed E-state index contributed by atoms with van der Waals surface area (Å²) in [6, 6.07) is -0.175. The molecule has 7 heteroatoms. The maximum Gasteiger partial charge on any atom is 0.320 e. The summed E-state index contributed by atoms with van der Waals surface area (Å²) in [6.07, 6.45) is 2.21. The van der Waals surface area contributed by atoms with Crippen LogP contribution in [-0.2, 0) is 11.3 Å². The first kappa shape index (κ1) is 10.0. The van der Waals surface area contributed by atoms with Crippen molar-refractivity contribution in [2.24, 2.45) is 0 Å². The lowest BCUT2D eigenvalue weighted by Gasteiger charge is -2.08. The van der Waals surface area contributed by atoms with Crippen molar-refractivity contribution in [1.29, 1.82) is 0 Å². The molecule has 1 aromatic heterocycles. The van der Waals surface area contributed by atoms with E-state index in [0.29, 0.717) is 18.4 Å². The second-order valence-corrected chi connectivity index (χ2v) is 3.71. The zero-order valence-electron chi connectivity index (χ0n) is 8.42. The van der Waals surface area contributed by atoms with Gasteiger partial charge in [0, 0.05) is 0 Å². The van der Waals surface area contributed by atoms with Crippen molar-refractivity contribution < 1.29 is 9.90 Å². The topological polar surface area (TPSA) is 92.9 Å². The molecular weight excluding hydrogens is 198 g/mol. The highest BCUT2D eigenvalue weighted by Crippen LogP contribution is 2.34. The zero-order valence-corrected chi connectivity index (χ0v) is 8.42. The summed E-state index contributed by atoms with van der Waals surface area (Å²) in [4.78, 5) is 10.6. The third-order valence-electron chi connectivity index (χ3n) is 2.39. The number of aliphatic carboxylic acids is 1. The number of rotatable bonds is 5. The molecule has 0 spiro atoms. The number of tetrazole rings is 1. The number of carboxylic acids is 1. The molecule has 2 rings (SSSR count). The van der Waals surface area contributed by atoms with E-state index >= 15 is 0 Å². The minimum absolute atomic E-state index is 0.386. The Morgan fingerprint density at radius 3 is 3.07 bits per heavy atom. The van der Waals surface area contributed by atoms with Gasteiger partial charge in [-0.2, -0.15) is 0 Å². The molecule has 1 heterocycles. The van der Waals surface area contributed by atoms with Crippen LogP contribution >= 0.6 is 0 Å². The molecular formula is C8H13N5O2. The van der Waals surface area contributed by atoms with E-state index in [-0.39, 0.29) is 0 Å². The molecule has 1 saturated carbocycles. The van der Waals surface area contributed by atoms with Gasteiger partial charge in [-0.3, -0.25) is 10.1 Å². The Hall–Kier alpha value is -1.50. The van der Waals surface area contributed by atoms with Gasteiger partial charge in [-0.05, 0) is 30.2 Å². The fourth-order valence-electron chi connectivity index (χ4n) is 1.26. The molecule has 0 amide bonds. The first-order valence-electron chi connectivity index (χ1n) is 4.91. The highest BCUT2D eigenvalue weighted by atomic mass is 16.4. The maximum atomic E-state index is 10.6. The van der Waals surface area contributed by atoms with Gasteiger partial charge < -0.3 is 5.11 Å². The van der Waals surface area contributed by atoms with Crippen molar-refractivity contribution in [3.8, 4) is 0 Å². The quantitative estimate of drug-likeness (QED) is 0.686. The first-order valence-corrected chi connectivity index (χ1v) is 4.91. The van der Waals surface area contributed by atoms with E-state index in [1.165, 1.54) is 0 Å². The molecule has 7 nitrogen and oxygen atoms in total. The summed E-state index contributed by atoms with van der Waals surface area (Å²) in [6.45, 7) is 1.98. The van der Waals surface area contributed by atoms with Gasteiger partial charge in [0.2, 0.25) is 0 Å². The van der Waals surface area contributed by atoms with Crippen LogP contribution in [0.4, 0.5) is 0 Å². The van der Waals surface area contributed by atoms with Crippen LogP contribution in [0.2, 0.25) is 0 Å². The van der Waals surface area contributed by atoms with E-state index in [0.717, 1.165) is 12.8 Å². The summed E-state index contributed by atoms with van der Waals surface area (Å²) < 4.78 is 1.77. The lowest BCUT2D eigenvalue weighted by Crippen LogP contribution is -2.34. The number of hydrogen-bond donors (Lipinski definition) is 2. The summed E-state index contributed by atoms with van der Waals surface area (Å²) in [5.74, 6) is -0.175. The maximum absolute atomic E-state index is 10.6. The molecule has 1 unspecified atom stereocenters. The summed E-state index contributed by atoms with van der Waals surface area (Å²) in [5.41, 5.74) is 0. The third kappa shape index (κ3) is 2.30. The van der Waals surface area contributed by atoms with E-state index in [9.17, 15) is 4.79 Å². The molecule has 82 valence electrons. The summed E-state index contributed by atoms with van der Waals surface area (Å²) >= 11 is 0. The standard InChI is InChI=1S/C8H13N5O2/c1-5(8(14)15)9-4-7-10-11-12-13(7)6-2-3-6/h5-6,9H,2-4H2,1H3,(H,14,15). The smallest absolute Gasteiger partial charge is 0.320 e. The van der Waals surface area contributed by atoms with E-state index in [1.54, 1.807) is 11.6 Å². The lowest BCUT2D eigenvalue weighted by atomic mass is 10.3. The number of nitrogens with one attached hydrogen (secondary N) is 1. The minimum atomic E-state index is -0.875. The number of aromatic nitrogens is 4. The molecule has 0 aliphatic heterocycles. The molecule has 0 aromatic carbocycles. The van der Waals surface area contributed by atoms with Crippen LogP contribution in [-0.4, -0.2) is 37.3 Å². The SMILES string of the molecule is CC(NCc1nnnn1C1CC1)C(=O)O. The Balaban J connectivity index is 1.92. The predicted octanol–water partition coefficient (Wildman–Crippen LogP) is -0.429. The number of nitrogens with zero attached hydrogens (tertiary/aromatic N) is 4. The van der Waals surface area contributed by atoms with Gasteiger partial charge in [0.05, 0.1) is 12.6 Å². The number of hydrogen-bond acceptors (Lipinski definition) is 5. The minimum Gasteiger partial charge on any atom is -0.480 e. The van der Waals surface area contributed by atoms with Crippen molar-refractivity contribution in [3.05, 3.63) is 5.82 Å². The van der Waals surface area contributed by atoms with Crippen LogP contribution in [0.3, 0.4) is 0 Å². The average Bonchev–Trinajstić information content (AvgIpc) is 2.94. The normalized spacial score (nSPS) is 17.7. The summed E-state index contributed by atoms with van der Waals surface area (Å²) in [7, 11) is 0. The molecule has 1 fully saturated rings. The van der Waals surface area contributed by atoms with E-state index in [4.69, 9.17) is 5.11 Å². The molecule has 15 heavy (non-hydrogen) atoms. The Labute approximate surface area is 86.5 Å². The fourth-order valence-corrected chi connectivity index (χ4v) is 1.26. The van der Waals surface area contributed by atoms with Gasteiger partial charge in [-0.15, -0.1) is 5.10 Å². The van der Waals surface area contributed by atoms with Crippen molar-refractivity contribution in [2.45, 2.75) is 38.4 Å². The first-order chi connectivity index (χ1) is 7.18. The molecule has 0 saturated heterocycles. The lowest BCUT2D eigenvalue weighted by molar-refractivity contribution is -0.139. The molecule has 1 atom stereocenters. The van der Waals surface area contributed by atoms with Crippen molar-refractivity contribution in [2.75, 3.05) is 0 Å². The van der Waals surface area contributed by atoms with Crippen LogP contribution in [0.25, 0.3) is 0 Å². The van der Waals surface area contributed by atoms with Crippen molar-refractivity contribution in [3.63, 3.8) is 0 Å². The number of carboxylic acid groups (broad SMARTS) is 1. The van der Waals surface area contributed by atoms with Gasteiger partial charge in [0.1, 0.15) is 6.04 Å². The van der Waals surface area contributed by atoms with E-state index in [1.807, 2.05) is 0 Å². The van der Waals surface area contributed by atoms with Gasteiger partial charge in [0.15, 0.2) is 5.82 Å². The second-order valence-electron chi connectivity index (χ2n) is 3.71. The molecule has 0 bridgehead atoms. The monoisotopic (exact) mass is 211 g/mol. The molecule has 2 N–H and O–H groups in total. The molecule has 1 aromatic rings. The van der Waals surface area contributed by atoms with E-state index < -0.39 is 12.0 Å².